The molecule has 0 atom stereocenters. The summed E-state index contributed by atoms with van der Waals surface area (Å²) >= 11 is 0. The number of methoxy groups -OCH3 is 1. The van der Waals surface area contributed by atoms with Crippen LogP contribution in [0, 0.1) is 17.0 Å². The number of anilines is 1. The second-order valence-electron chi connectivity index (χ2n) is 10.2. The fourth-order valence-electron chi connectivity index (χ4n) is 3.65. The number of amides is 1. The first-order chi connectivity index (χ1) is 20.2. The largest absolute Gasteiger partial charge is 0.497 e. The summed E-state index contributed by atoms with van der Waals surface area (Å²) in [7, 11) is -2.97. The molecule has 13 nitrogen and oxygen atoms in total. The van der Waals surface area contributed by atoms with E-state index >= 15 is 0 Å². The summed E-state index contributed by atoms with van der Waals surface area (Å²) in [6.45, 7) is 5.82. The van der Waals surface area contributed by atoms with Crippen LogP contribution < -0.4 is 19.2 Å². The number of rotatable bonds is 12. The van der Waals surface area contributed by atoms with Crippen LogP contribution in [0.15, 0.2) is 76.7 Å². The number of nitrogens with one attached hydrogen (secondary N) is 1. The third-order valence-corrected chi connectivity index (χ3v) is 7.44. The number of carbonyl (C=O) groups excluding carboxylic acids is 2. The predicted molar refractivity (Wildman–Crippen MR) is 159 cm³/mol. The van der Waals surface area contributed by atoms with E-state index in [4.69, 9.17) is 14.2 Å². The molecule has 0 saturated heterocycles. The van der Waals surface area contributed by atoms with Gasteiger partial charge < -0.3 is 14.2 Å². The molecular weight excluding hydrogens is 580 g/mol. The summed E-state index contributed by atoms with van der Waals surface area (Å²) in [4.78, 5) is 35.0. The maximum Gasteiger partial charge on any atom is 0.344 e. The summed E-state index contributed by atoms with van der Waals surface area (Å²) in [5.41, 5.74) is 2.30. The number of benzene rings is 3. The molecule has 0 bridgehead atoms. The van der Waals surface area contributed by atoms with Crippen LogP contribution >= 0.6 is 0 Å². The lowest BCUT2D eigenvalue weighted by Crippen LogP contribution is -2.39. The van der Waals surface area contributed by atoms with E-state index in [9.17, 15) is 28.1 Å². The minimum atomic E-state index is -4.42. The second kappa shape index (κ2) is 13.8. The molecule has 1 N–H and O–H groups in total. The SMILES string of the molecule is COc1ccc(N(CC(=O)N/N=C\c2ccc(OCC(=O)OC(C)(C)C)cc2)S(=O)(=O)c2ccc(C)c([N+](=O)[O-])c2)cc1. The summed E-state index contributed by atoms with van der Waals surface area (Å²) in [6, 6.07) is 15.9. The molecule has 0 heterocycles. The van der Waals surface area contributed by atoms with Gasteiger partial charge in [0.25, 0.3) is 21.6 Å². The summed E-state index contributed by atoms with van der Waals surface area (Å²) in [6.07, 6.45) is 1.34. The van der Waals surface area contributed by atoms with E-state index < -0.39 is 39.0 Å². The van der Waals surface area contributed by atoms with Crippen LogP contribution in [-0.4, -0.2) is 57.3 Å². The molecule has 0 aromatic heterocycles. The van der Waals surface area contributed by atoms with Gasteiger partial charge in [-0.15, -0.1) is 0 Å². The lowest BCUT2D eigenvalue weighted by molar-refractivity contribution is -0.385. The number of ether oxygens (including phenoxy) is 3. The van der Waals surface area contributed by atoms with Crippen molar-refractivity contribution in [2.24, 2.45) is 5.10 Å². The van der Waals surface area contributed by atoms with Gasteiger partial charge in [-0.25, -0.2) is 18.6 Å². The standard InChI is InChI=1S/C29H32N4O9S/c1-20-6-15-25(16-26(20)33(36)37)43(38,39)32(22-9-13-23(40-5)14-10-22)18-27(34)31-30-17-21-7-11-24(12-8-21)41-19-28(35)42-29(2,3)4/h6-17H,18-19H2,1-5H3,(H,31,34)/b30-17-. The van der Waals surface area contributed by atoms with Crippen molar-refractivity contribution in [3.63, 3.8) is 0 Å². The average Bonchev–Trinajstić information content (AvgIpc) is 2.94. The molecule has 14 heteroatoms. The van der Waals surface area contributed by atoms with Crippen molar-refractivity contribution in [2.75, 3.05) is 24.6 Å². The highest BCUT2D eigenvalue weighted by molar-refractivity contribution is 7.92. The van der Waals surface area contributed by atoms with Crippen molar-refractivity contribution >= 4 is 39.5 Å². The third kappa shape index (κ3) is 9.26. The van der Waals surface area contributed by atoms with E-state index in [1.54, 1.807) is 45.0 Å². The molecule has 3 rings (SSSR count). The van der Waals surface area contributed by atoms with Crippen molar-refractivity contribution in [1.82, 2.24) is 5.43 Å². The normalized spacial score (nSPS) is 11.6. The summed E-state index contributed by atoms with van der Waals surface area (Å²) in [5.74, 6) is -0.396. The highest BCUT2D eigenvalue weighted by atomic mass is 32.2. The Balaban J connectivity index is 1.73. The Morgan fingerprint density at radius 1 is 1.02 bits per heavy atom. The number of esters is 1. The molecule has 3 aromatic carbocycles. The van der Waals surface area contributed by atoms with Gasteiger partial charge in [-0.3, -0.25) is 19.2 Å². The molecule has 228 valence electrons. The van der Waals surface area contributed by atoms with Crippen molar-refractivity contribution in [3.05, 3.63) is 88.0 Å². The first-order valence-corrected chi connectivity index (χ1v) is 14.3. The van der Waals surface area contributed by atoms with Gasteiger partial charge in [-0.1, -0.05) is 6.07 Å². The minimum absolute atomic E-state index is 0.130. The molecule has 0 saturated carbocycles. The predicted octanol–water partition coefficient (Wildman–Crippen LogP) is 3.98. The minimum Gasteiger partial charge on any atom is -0.497 e. The van der Waals surface area contributed by atoms with E-state index in [0.717, 1.165) is 10.4 Å². The van der Waals surface area contributed by atoms with E-state index in [0.29, 0.717) is 17.1 Å². The molecule has 0 unspecified atom stereocenters. The van der Waals surface area contributed by atoms with Crippen molar-refractivity contribution in [3.8, 4) is 11.5 Å². The van der Waals surface area contributed by atoms with Crippen LogP contribution in [0.1, 0.15) is 31.9 Å². The highest BCUT2D eigenvalue weighted by Crippen LogP contribution is 2.29. The van der Waals surface area contributed by atoms with Crippen LogP contribution in [0.3, 0.4) is 0 Å². The Bertz CT molecular complexity index is 1600. The van der Waals surface area contributed by atoms with Gasteiger partial charge >= 0.3 is 5.97 Å². The number of nitro benzene ring substituents is 1. The maximum atomic E-state index is 13.6. The maximum absolute atomic E-state index is 13.6. The molecule has 43 heavy (non-hydrogen) atoms. The molecule has 3 aromatic rings. The smallest absolute Gasteiger partial charge is 0.344 e. The zero-order chi connectivity index (χ0) is 31.8. The van der Waals surface area contributed by atoms with Crippen LogP contribution in [-0.2, 0) is 24.3 Å². The summed E-state index contributed by atoms with van der Waals surface area (Å²) in [5, 5.41) is 15.3. The van der Waals surface area contributed by atoms with Crippen molar-refractivity contribution < 1.29 is 37.1 Å². The van der Waals surface area contributed by atoms with Gasteiger partial charge in [0.1, 0.15) is 23.6 Å². The number of hydrazone groups is 1. The molecule has 0 fully saturated rings. The number of carbonyl (C=O) groups is 2. The Morgan fingerprint density at radius 2 is 1.65 bits per heavy atom. The van der Waals surface area contributed by atoms with E-state index in [1.165, 1.54) is 56.6 Å². The first kappa shape index (κ1) is 32.5. The van der Waals surface area contributed by atoms with Crippen LogP contribution in [0.4, 0.5) is 11.4 Å². The molecule has 0 aliphatic carbocycles. The van der Waals surface area contributed by atoms with Gasteiger partial charge in [0.15, 0.2) is 6.61 Å². The Morgan fingerprint density at radius 3 is 2.23 bits per heavy atom. The fourth-order valence-corrected chi connectivity index (χ4v) is 5.09. The van der Waals surface area contributed by atoms with Gasteiger partial charge in [0.05, 0.1) is 28.8 Å². The van der Waals surface area contributed by atoms with Crippen LogP contribution in [0.25, 0.3) is 0 Å². The number of aryl methyl sites for hydroxylation is 1. The number of hydrogen-bond acceptors (Lipinski definition) is 10. The quantitative estimate of drug-likeness (QED) is 0.138. The number of sulfonamides is 1. The molecule has 0 aliphatic heterocycles. The summed E-state index contributed by atoms with van der Waals surface area (Å²) < 4.78 is 43.8. The monoisotopic (exact) mass is 612 g/mol. The molecular formula is C29H32N4O9S. The van der Waals surface area contributed by atoms with E-state index in [2.05, 4.69) is 10.5 Å². The van der Waals surface area contributed by atoms with Gasteiger partial charge in [-0.2, -0.15) is 5.10 Å². The van der Waals surface area contributed by atoms with E-state index in [1.807, 2.05) is 0 Å². The fraction of sp³-hybridized carbons (Fsp3) is 0.276. The third-order valence-electron chi connectivity index (χ3n) is 5.67. The first-order valence-electron chi connectivity index (χ1n) is 12.9. The zero-order valence-corrected chi connectivity index (χ0v) is 25.1. The number of nitrogens with zero attached hydrogens (tertiary/aromatic N) is 3. The Kier molecular flexibility index (Phi) is 10.4. The molecule has 1 amide bonds. The van der Waals surface area contributed by atoms with Crippen LogP contribution in [0.2, 0.25) is 0 Å². The average molecular weight is 613 g/mol. The Hall–Kier alpha value is -4.98. The molecule has 0 radical (unpaired) electrons. The van der Waals surface area contributed by atoms with E-state index in [-0.39, 0.29) is 28.4 Å². The number of nitro groups is 1. The number of hydrogen-bond donors (Lipinski definition) is 1. The van der Waals surface area contributed by atoms with Gasteiger partial charge in [-0.05, 0) is 87.9 Å². The second-order valence-corrected chi connectivity index (χ2v) is 12.0. The molecule has 0 aliphatic rings. The van der Waals surface area contributed by atoms with Crippen LogP contribution in [0.5, 0.6) is 11.5 Å². The lowest BCUT2D eigenvalue weighted by atomic mass is 10.2. The lowest BCUT2D eigenvalue weighted by Gasteiger charge is -2.24. The van der Waals surface area contributed by atoms with Gasteiger partial charge in [0.2, 0.25) is 0 Å². The van der Waals surface area contributed by atoms with Crippen molar-refractivity contribution in [1.29, 1.82) is 0 Å². The molecule has 0 spiro atoms. The zero-order valence-electron chi connectivity index (χ0n) is 24.3. The highest BCUT2D eigenvalue weighted by Gasteiger charge is 2.29. The van der Waals surface area contributed by atoms with Gasteiger partial charge in [0, 0.05) is 11.6 Å². The van der Waals surface area contributed by atoms with Crippen molar-refractivity contribution in [2.45, 2.75) is 38.2 Å². The Labute approximate surface area is 249 Å². The topological polar surface area (TPSA) is 167 Å².